The Bertz CT molecular complexity index is 515. The number of methoxy groups -OCH3 is 1. The molecule has 106 valence electrons. The summed E-state index contributed by atoms with van der Waals surface area (Å²) in [5, 5.41) is 2.48. The van der Waals surface area contributed by atoms with E-state index in [4.69, 9.17) is 0 Å². The molecule has 1 aliphatic heterocycles. The summed E-state index contributed by atoms with van der Waals surface area (Å²) in [4.78, 5) is 36.3. The van der Waals surface area contributed by atoms with E-state index in [1.165, 1.54) is 7.11 Å². The highest BCUT2D eigenvalue weighted by molar-refractivity contribution is 6.01. The number of benzene rings is 1. The number of imide groups is 1. The number of amides is 3. The van der Waals surface area contributed by atoms with E-state index in [9.17, 15) is 14.4 Å². The molecule has 3 amide bonds. The number of hydrogen-bond acceptors (Lipinski definition) is 4. The molecule has 1 heterocycles. The summed E-state index contributed by atoms with van der Waals surface area (Å²) in [5.41, 5.74) is 1.01. The molecule has 6 heteroatoms. The normalized spacial score (nSPS) is 17.8. The summed E-state index contributed by atoms with van der Waals surface area (Å²) in [5.74, 6) is -0.962. The number of urea groups is 1. The van der Waals surface area contributed by atoms with Crippen LogP contribution >= 0.6 is 0 Å². The number of hydrogen-bond donors (Lipinski definition) is 1. The lowest BCUT2D eigenvalue weighted by Crippen LogP contribution is -2.44. The Labute approximate surface area is 116 Å². The molecule has 1 fully saturated rings. The first-order valence-electron chi connectivity index (χ1n) is 6.35. The number of aryl methyl sites for hydroxylation is 1. The first-order chi connectivity index (χ1) is 9.63. The second-order valence-corrected chi connectivity index (χ2v) is 4.47. The Hall–Kier alpha value is -2.37. The van der Waals surface area contributed by atoms with Crippen molar-refractivity contribution in [2.24, 2.45) is 0 Å². The van der Waals surface area contributed by atoms with Gasteiger partial charge in [0.15, 0.2) is 6.04 Å². The van der Waals surface area contributed by atoms with E-state index in [0.717, 1.165) is 10.5 Å². The van der Waals surface area contributed by atoms with Gasteiger partial charge in [0.05, 0.1) is 13.7 Å². The van der Waals surface area contributed by atoms with Crippen molar-refractivity contribution in [3.8, 4) is 0 Å². The summed E-state index contributed by atoms with van der Waals surface area (Å²) in [6.45, 7) is 0.0998. The Morgan fingerprint density at radius 1 is 1.35 bits per heavy atom. The molecule has 6 nitrogen and oxygen atoms in total. The van der Waals surface area contributed by atoms with Gasteiger partial charge in [-0.3, -0.25) is 4.79 Å². The molecule has 1 saturated heterocycles. The van der Waals surface area contributed by atoms with E-state index in [0.29, 0.717) is 6.42 Å². The third-order valence-electron chi connectivity index (χ3n) is 3.19. The maximum atomic E-state index is 12.1. The van der Waals surface area contributed by atoms with Gasteiger partial charge in [0.25, 0.3) is 0 Å². The van der Waals surface area contributed by atoms with Crippen LogP contribution in [0.5, 0.6) is 0 Å². The summed E-state index contributed by atoms with van der Waals surface area (Å²) < 4.78 is 4.60. The van der Waals surface area contributed by atoms with Gasteiger partial charge >= 0.3 is 12.0 Å². The average Bonchev–Trinajstić information content (AvgIpc) is 2.87. The molecule has 20 heavy (non-hydrogen) atoms. The molecule has 1 N–H and O–H groups in total. The van der Waals surface area contributed by atoms with Crippen molar-refractivity contribution in [3.63, 3.8) is 0 Å². The Morgan fingerprint density at radius 3 is 2.70 bits per heavy atom. The minimum atomic E-state index is -0.865. The minimum absolute atomic E-state index is 0.0998. The van der Waals surface area contributed by atoms with Crippen molar-refractivity contribution < 1.29 is 19.1 Å². The fourth-order valence-electron chi connectivity index (χ4n) is 2.13. The third kappa shape index (κ3) is 2.96. The lowest BCUT2D eigenvalue weighted by atomic mass is 10.1. The van der Waals surface area contributed by atoms with Gasteiger partial charge in [0.2, 0.25) is 5.91 Å². The smallest absolute Gasteiger partial charge is 0.330 e. The zero-order chi connectivity index (χ0) is 14.5. The SMILES string of the molecule is COC(=O)[C@@H]1CNC(=O)N1C(=O)CCc1ccccc1. The van der Waals surface area contributed by atoms with Gasteiger partial charge in [-0.2, -0.15) is 0 Å². The molecule has 0 aliphatic carbocycles. The number of esters is 1. The van der Waals surface area contributed by atoms with Gasteiger partial charge in [-0.05, 0) is 12.0 Å². The van der Waals surface area contributed by atoms with Crippen LogP contribution in [0, 0.1) is 0 Å². The van der Waals surface area contributed by atoms with Crippen LogP contribution in [0.15, 0.2) is 30.3 Å². The molecule has 1 atom stereocenters. The van der Waals surface area contributed by atoms with Crippen molar-refractivity contribution in [3.05, 3.63) is 35.9 Å². The first kappa shape index (κ1) is 14.0. The highest BCUT2D eigenvalue weighted by Crippen LogP contribution is 2.12. The van der Waals surface area contributed by atoms with Crippen molar-refractivity contribution >= 4 is 17.9 Å². The molecule has 0 bridgehead atoms. The van der Waals surface area contributed by atoms with Crippen LogP contribution in [0.2, 0.25) is 0 Å². The topological polar surface area (TPSA) is 75.7 Å². The van der Waals surface area contributed by atoms with Crippen molar-refractivity contribution in [2.75, 3.05) is 13.7 Å². The van der Waals surface area contributed by atoms with Gasteiger partial charge in [-0.15, -0.1) is 0 Å². The maximum absolute atomic E-state index is 12.1. The Kier molecular flexibility index (Phi) is 4.34. The molecule has 0 radical (unpaired) electrons. The van der Waals surface area contributed by atoms with Gasteiger partial charge in [0, 0.05) is 6.42 Å². The second-order valence-electron chi connectivity index (χ2n) is 4.47. The second kappa shape index (κ2) is 6.18. The van der Waals surface area contributed by atoms with Crippen LogP contribution in [0.1, 0.15) is 12.0 Å². The molecule has 0 aromatic heterocycles. The van der Waals surface area contributed by atoms with Crippen molar-refractivity contribution in [1.29, 1.82) is 0 Å². The van der Waals surface area contributed by atoms with Crippen LogP contribution in [0.4, 0.5) is 4.79 Å². The molecular formula is C14H16N2O4. The van der Waals surface area contributed by atoms with Crippen molar-refractivity contribution in [1.82, 2.24) is 10.2 Å². The van der Waals surface area contributed by atoms with Gasteiger partial charge in [-0.25, -0.2) is 14.5 Å². The van der Waals surface area contributed by atoms with Crippen molar-refractivity contribution in [2.45, 2.75) is 18.9 Å². The van der Waals surface area contributed by atoms with Gasteiger partial charge in [0.1, 0.15) is 0 Å². The molecule has 0 saturated carbocycles. The largest absolute Gasteiger partial charge is 0.467 e. The number of ether oxygens (including phenoxy) is 1. The number of nitrogens with zero attached hydrogens (tertiary/aromatic N) is 1. The van der Waals surface area contributed by atoms with E-state index in [1.54, 1.807) is 0 Å². The standard InChI is InChI=1S/C14H16N2O4/c1-20-13(18)11-9-15-14(19)16(11)12(17)8-7-10-5-3-2-4-6-10/h2-6,11H,7-9H2,1H3,(H,15,19)/t11-/m0/s1. The fourth-order valence-corrected chi connectivity index (χ4v) is 2.13. The van der Waals surface area contributed by atoms with Crippen LogP contribution in [-0.4, -0.2) is 42.5 Å². The zero-order valence-electron chi connectivity index (χ0n) is 11.2. The summed E-state index contributed by atoms with van der Waals surface area (Å²) in [6, 6.07) is 8.09. The van der Waals surface area contributed by atoms with E-state index in [2.05, 4.69) is 10.1 Å². The average molecular weight is 276 g/mol. The van der Waals surface area contributed by atoms with Crippen LogP contribution in [0.3, 0.4) is 0 Å². The summed E-state index contributed by atoms with van der Waals surface area (Å²) >= 11 is 0. The molecule has 0 spiro atoms. The quantitative estimate of drug-likeness (QED) is 0.822. The van der Waals surface area contributed by atoms with E-state index >= 15 is 0 Å². The van der Waals surface area contributed by atoms with E-state index < -0.39 is 18.0 Å². The van der Waals surface area contributed by atoms with Gasteiger partial charge in [-0.1, -0.05) is 30.3 Å². The minimum Gasteiger partial charge on any atom is -0.467 e. The molecule has 0 unspecified atom stereocenters. The Balaban J connectivity index is 2.00. The number of nitrogens with one attached hydrogen (secondary N) is 1. The molecule has 1 aromatic carbocycles. The van der Waals surface area contributed by atoms with Crippen LogP contribution < -0.4 is 5.32 Å². The zero-order valence-corrected chi connectivity index (χ0v) is 11.2. The molecule has 1 aliphatic rings. The van der Waals surface area contributed by atoms with Gasteiger partial charge < -0.3 is 10.1 Å². The predicted octanol–water partition coefficient (Wildman–Crippen LogP) is 0.713. The number of carbonyl (C=O) groups is 3. The summed E-state index contributed by atoms with van der Waals surface area (Å²) in [7, 11) is 1.23. The van der Waals surface area contributed by atoms with Crippen LogP contribution in [0.25, 0.3) is 0 Å². The van der Waals surface area contributed by atoms with E-state index in [-0.39, 0.29) is 18.9 Å². The monoisotopic (exact) mass is 276 g/mol. The first-order valence-corrected chi connectivity index (χ1v) is 6.35. The number of carbonyl (C=O) groups excluding carboxylic acids is 3. The number of rotatable bonds is 4. The third-order valence-corrected chi connectivity index (χ3v) is 3.19. The lowest BCUT2D eigenvalue weighted by Gasteiger charge is -2.19. The molecule has 2 rings (SSSR count). The summed E-state index contributed by atoms with van der Waals surface area (Å²) in [6.07, 6.45) is 0.697. The highest BCUT2D eigenvalue weighted by Gasteiger charge is 2.40. The highest BCUT2D eigenvalue weighted by atomic mass is 16.5. The maximum Gasteiger partial charge on any atom is 0.330 e. The Morgan fingerprint density at radius 2 is 2.05 bits per heavy atom. The molecular weight excluding hydrogens is 260 g/mol. The molecule has 1 aromatic rings. The van der Waals surface area contributed by atoms with E-state index in [1.807, 2.05) is 30.3 Å². The van der Waals surface area contributed by atoms with Crippen LogP contribution in [-0.2, 0) is 20.7 Å². The fraction of sp³-hybridized carbons (Fsp3) is 0.357. The lowest BCUT2D eigenvalue weighted by molar-refractivity contribution is -0.148. The predicted molar refractivity (Wildman–Crippen MR) is 70.8 cm³/mol.